The highest BCUT2D eigenvalue weighted by atomic mass is 16.5. The number of H-pyrrole nitrogens is 1. The van der Waals surface area contributed by atoms with E-state index in [0.29, 0.717) is 43.0 Å². The van der Waals surface area contributed by atoms with Crippen LogP contribution in [0.2, 0.25) is 0 Å². The van der Waals surface area contributed by atoms with Crippen molar-refractivity contribution in [2.75, 3.05) is 19.8 Å². The van der Waals surface area contributed by atoms with Crippen molar-refractivity contribution < 1.29 is 14.6 Å². The number of amides is 1. The van der Waals surface area contributed by atoms with Gasteiger partial charge in [0.05, 0.1) is 18.8 Å². The molecular formula is C27H38N4O4. The Hall–Kier alpha value is -2.87. The number of aromatic nitrogens is 2. The Kier molecular flexibility index (Phi) is 8.79. The molecule has 1 aromatic carbocycles. The summed E-state index contributed by atoms with van der Waals surface area (Å²) >= 11 is 0. The van der Waals surface area contributed by atoms with E-state index >= 15 is 0 Å². The zero-order chi connectivity index (χ0) is 24.6. The first-order valence-electron chi connectivity index (χ1n) is 13.1. The van der Waals surface area contributed by atoms with E-state index in [0.717, 1.165) is 62.1 Å². The molecule has 2 aromatic rings. The van der Waals surface area contributed by atoms with E-state index < -0.39 is 0 Å². The minimum Gasteiger partial charge on any atom is -0.493 e. The molecule has 2 heterocycles. The number of carbonyl (C=O) groups excluding carboxylic acids is 1. The molecule has 4 rings (SSSR count). The third-order valence-electron chi connectivity index (χ3n) is 7.16. The molecule has 8 heteroatoms. The summed E-state index contributed by atoms with van der Waals surface area (Å²) in [4.78, 5) is 34.5. The minimum absolute atomic E-state index is 0.227. The van der Waals surface area contributed by atoms with Crippen LogP contribution in [0.15, 0.2) is 28.0 Å². The van der Waals surface area contributed by atoms with Crippen molar-refractivity contribution in [2.24, 2.45) is 4.99 Å². The van der Waals surface area contributed by atoms with Crippen molar-refractivity contribution in [1.29, 1.82) is 0 Å². The lowest BCUT2D eigenvalue weighted by Gasteiger charge is -2.34. The molecule has 1 saturated carbocycles. The number of aliphatic hydroxyl groups excluding tert-OH is 1. The van der Waals surface area contributed by atoms with Gasteiger partial charge in [0.25, 0.3) is 5.56 Å². The number of carbonyl (C=O) groups is 1. The number of imidazole rings is 1. The van der Waals surface area contributed by atoms with E-state index in [1.54, 1.807) is 4.57 Å². The molecule has 0 radical (unpaired) electrons. The average Bonchev–Trinajstić information content (AvgIpc) is 3.15. The van der Waals surface area contributed by atoms with Crippen molar-refractivity contribution in [2.45, 2.75) is 83.2 Å². The number of aromatic amines is 1. The summed E-state index contributed by atoms with van der Waals surface area (Å²) in [5.41, 5.74) is 1.99. The number of nitrogens with zero attached hydrogens (tertiary/aromatic N) is 3. The standard InChI is InChI=1S/C27H38N4O4/c1-20-26(34)29-27-28-23-13-9-14-24(22(23)19-31(20)27)35-18-10-15-25(33)30(16-7-2-3-8-17-32)21-11-5-4-6-12-21/h9,13-14,21,32H,1-8,10-12,15-19H2,(H,28,29,34). The number of nitrogens with one attached hydrogen (secondary N) is 1. The van der Waals surface area contributed by atoms with Gasteiger partial charge >= 0.3 is 0 Å². The molecule has 190 valence electrons. The summed E-state index contributed by atoms with van der Waals surface area (Å²) in [5.74, 6) is 0.961. The summed E-state index contributed by atoms with van der Waals surface area (Å²) < 4.78 is 7.86. The summed E-state index contributed by atoms with van der Waals surface area (Å²) in [6.45, 7) is 5.83. The Labute approximate surface area is 206 Å². The van der Waals surface area contributed by atoms with Crippen LogP contribution >= 0.6 is 0 Å². The third kappa shape index (κ3) is 6.23. The van der Waals surface area contributed by atoms with Gasteiger partial charge in [0.1, 0.15) is 11.1 Å². The first kappa shape index (κ1) is 25.2. The van der Waals surface area contributed by atoms with E-state index in [2.05, 4.69) is 21.5 Å². The summed E-state index contributed by atoms with van der Waals surface area (Å²) in [6, 6.07) is 6.08. The van der Waals surface area contributed by atoms with Crippen LogP contribution in [-0.2, 0) is 11.3 Å². The third-order valence-corrected chi connectivity index (χ3v) is 7.16. The van der Waals surface area contributed by atoms with Crippen LogP contribution in [0.4, 0.5) is 5.69 Å². The molecule has 8 nitrogen and oxygen atoms in total. The second-order valence-corrected chi connectivity index (χ2v) is 9.65. The summed E-state index contributed by atoms with van der Waals surface area (Å²) in [6.07, 6.45) is 10.9. The van der Waals surface area contributed by atoms with Gasteiger partial charge in [-0.15, -0.1) is 0 Å². The fourth-order valence-corrected chi connectivity index (χ4v) is 5.18. The molecule has 0 unspecified atom stereocenters. The zero-order valence-corrected chi connectivity index (χ0v) is 20.6. The van der Waals surface area contributed by atoms with Crippen LogP contribution in [-0.4, -0.2) is 51.3 Å². The molecule has 1 amide bonds. The van der Waals surface area contributed by atoms with Gasteiger partial charge in [-0.25, -0.2) is 4.99 Å². The molecule has 0 bridgehead atoms. The molecule has 1 fully saturated rings. The number of ether oxygens (including phenoxy) is 1. The zero-order valence-electron chi connectivity index (χ0n) is 20.6. The second-order valence-electron chi connectivity index (χ2n) is 9.65. The van der Waals surface area contributed by atoms with Gasteiger partial charge < -0.3 is 19.3 Å². The first-order valence-corrected chi connectivity index (χ1v) is 13.1. The van der Waals surface area contributed by atoms with Gasteiger partial charge in [0.15, 0.2) is 0 Å². The molecule has 0 atom stereocenters. The topological polar surface area (TPSA) is 99.9 Å². The minimum atomic E-state index is -0.228. The first-order chi connectivity index (χ1) is 17.1. The van der Waals surface area contributed by atoms with Crippen LogP contribution in [0.1, 0.15) is 76.2 Å². The highest BCUT2D eigenvalue weighted by Crippen LogP contribution is 2.30. The molecule has 2 aliphatic rings. The van der Waals surface area contributed by atoms with Gasteiger partial charge in [-0.1, -0.05) is 44.7 Å². The SMILES string of the molecule is C=c1c(=O)[nH]c2n1Cc1c(cccc1OCCCC(=O)N(CCCCCCO)C1CCCCC1)N=2. The van der Waals surface area contributed by atoms with Gasteiger partial charge in [-0.05, 0) is 44.2 Å². The van der Waals surface area contributed by atoms with Gasteiger partial charge in [0.2, 0.25) is 11.5 Å². The van der Waals surface area contributed by atoms with Gasteiger partial charge in [-0.2, -0.15) is 0 Å². The smallest absolute Gasteiger partial charge is 0.274 e. The fraction of sp³-hybridized carbons (Fsp3) is 0.593. The van der Waals surface area contributed by atoms with E-state index in [-0.39, 0.29) is 18.1 Å². The van der Waals surface area contributed by atoms with Gasteiger partial charge in [0, 0.05) is 31.2 Å². The largest absolute Gasteiger partial charge is 0.493 e. The Morgan fingerprint density at radius 2 is 1.97 bits per heavy atom. The Morgan fingerprint density at radius 1 is 1.17 bits per heavy atom. The van der Waals surface area contributed by atoms with E-state index in [9.17, 15) is 9.59 Å². The normalized spacial score (nSPS) is 15.2. The van der Waals surface area contributed by atoms with Crippen LogP contribution in [0, 0.1) is 0 Å². The van der Waals surface area contributed by atoms with Crippen LogP contribution in [0.25, 0.3) is 6.58 Å². The molecule has 35 heavy (non-hydrogen) atoms. The van der Waals surface area contributed by atoms with E-state index in [1.165, 1.54) is 19.3 Å². The van der Waals surface area contributed by atoms with Crippen molar-refractivity contribution in [1.82, 2.24) is 14.5 Å². The number of unbranched alkanes of at least 4 members (excludes halogenated alkanes) is 3. The molecule has 1 aliphatic carbocycles. The summed E-state index contributed by atoms with van der Waals surface area (Å²) in [5, 5.41) is 9.38. The van der Waals surface area contributed by atoms with E-state index in [4.69, 9.17) is 9.84 Å². The molecule has 0 saturated heterocycles. The molecular weight excluding hydrogens is 444 g/mol. The predicted molar refractivity (Wildman–Crippen MR) is 135 cm³/mol. The Bertz CT molecular complexity index is 1160. The lowest BCUT2D eigenvalue weighted by Crippen LogP contribution is -2.42. The molecule has 0 spiro atoms. The van der Waals surface area contributed by atoms with Crippen molar-refractivity contribution in [3.63, 3.8) is 0 Å². The molecule has 1 aromatic heterocycles. The Balaban J connectivity index is 1.31. The highest BCUT2D eigenvalue weighted by molar-refractivity contribution is 5.76. The quantitative estimate of drug-likeness (QED) is 0.388. The van der Waals surface area contributed by atoms with Gasteiger partial charge in [-0.3, -0.25) is 14.6 Å². The molecule has 2 N–H and O–H groups in total. The molecule has 1 aliphatic heterocycles. The van der Waals surface area contributed by atoms with Crippen LogP contribution < -0.4 is 21.3 Å². The van der Waals surface area contributed by atoms with Crippen molar-refractivity contribution in [3.8, 4) is 5.75 Å². The highest BCUT2D eigenvalue weighted by Gasteiger charge is 2.25. The number of hydrogen-bond donors (Lipinski definition) is 2. The van der Waals surface area contributed by atoms with Crippen LogP contribution in [0.3, 0.4) is 0 Å². The van der Waals surface area contributed by atoms with Crippen LogP contribution in [0.5, 0.6) is 5.75 Å². The number of hydrogen-bond acceptors (Lipinski definition) is 5. The fourth-order valence-electron chi connectivity index (χ4n) is 5.18. The summed E-state index contributed by atoms with van der Waals surface area (Å²) in [7, 11) is 0. The average molecular weight is 483 g/mol. The predicted octanol–water partition coefficient (Wildman–Crippen LogP) is 2.77. The Morgan fingerprint density at radius 3 is 2.77 bits per heavy atom. The maximum atomic E-state index is 13.2. The van der Waals surface area contributed by atoms with Crippen molar-refractivity contribution >= 4 is 18.2 Å². The second kappa shape index (κ2) is 12.2. The number of benzene rings is 1. The maximum absolute atomic E-state index is 13.2. The lowest BCUT2D eigenvalue weighted by molar-refractivity contribution is -0.134. The van der Waals surface area contributed by atoms with E-state index in [1.807, 2.05) is 18.2 Å². The monoisotopic (exact) mass is 482 g/mol. The van der Waals surface area contributed by atoms with Crippen molar-refractivity contribution in [3.05, 3.63) is 45.1 Å². The number of rotatable bonds is 12. The number of fused-ring (bicyclic) bond motifs is 2. The lowest BCUT2D eigenvalue weighted by atomic mass is 9.93. The maximum Gasteiger partial charge on any atom is 0.274 e. The number of aliphatic hydroxyl groups is 1.